The third-order valence-corrected chi connectivity index (χ3v) is 5.97. The SMILES string of the molecule is CCn1nnc(N[C@@H](c2ccc(F)cc2)P(=O)(OC(C)(C)C)OC(C)(C)C)n1. The Labute approximate surface area is 165 Å². The molecule has 1 aromatic carbocycles. The first-order valence-corrected chi connectivity index (χ1v) is 10.7. The van der Waals surface area contributed by atoms with Gasteiger partial charge in [-0.2, -0.15) is 4.80 Å². The third-order valence-electron chi connectivity index (χ3n) is 3.31. The normalized spacial score (nSPS) is 14.1. The van der Waals surface area contributed by atoms with Crippen LogP contribution in [0.15, 0.2) is 24.3 Å². The summed E-state index contributed by atoms with van der Waals surface area (Å²) in [5.74, 6) is -1.19. The molecule has 0 aliphatic carbocycles. The zero-order valence-electron chi connectivity index (χ0n) is 17.4. The van der Waals surface area contributed by atoms with Gasteiger partial charge in [0.1, 0.15) is 5.82 Å². The summed E-state index contributed by atoms with van der Waals surface area (Å²) >= 11 is 0. The number of aromatic nitrogens is 4. The number of halogens is 1. The smallest absolute Gasteiger partial charge is 0.334 e. The van der Waals surface area contributed by atoms with Crippen molar-refractivity contribution in [2.75, 3.05) is 5.32 Å². The Hall–Kier alpha value is -1.83. The summed E-state index contributed by atoms with van der Waals surface area (Å²) in [5.41, 5.74) is -0.990. The summed E-state index contributed by atoms with van der Waals surface area (Å²) in [5, 5.41) is 15.1. The largest absolute Gasteiger partial charge is 0.358 e. The van der Waals surface area contributed by atoms with E-state index in [2.05, 4.69) is 20.7 Å². The van der Waals surface area contributed by atoms with Gasteiger partial charge in [-0.05, 0) is 71.4 Å². The molecule has 0 aliphatic rings. The number of tetrazole rings is 1. The summed E-state index contributed by atoms with van der Waals surface area (Å²) in [6.07, 6.45) is 0. The molecule has 0 saturated heterocycles. The second kappa shape index (κ2) is 8.27. The standard InChI is InChI=1S/C18H29FN5O3P/c1-8-24-22-16(21-23-24)20-15(13-9-11-14(19)12-10-13)28(25,26-17(2,3)4)27-18(5,6)7/h9-12,15H,8H2,1-7H3,(H,20,22)/t15-/m1/s1. The summed E-state index contributed by atoms with van der Waals surface area (Å²) in [4.78, 5) is 1.39. The van der Waals surface area contributed by atoms with Crippen molar-refractivity contribution in [3.05, 3.63) is 35.6 Å². The van der Waals surface area contributed by atoms with E-state index < -0.39 is 30.4 Å². The molecule has 10 heteroatoms. The molecule has 8 nitrogen and oxygen atoms in total. The van der Waals surface area contributed by atoms with Crippen LogP contribution in [0, 0.1) is 5.82 Å². The first-order valence-electron chi connectivity index (χ1n) is 9.12. The Morgan fingerprint density at radius 3 is 2.07 bits per heavy atom. The number of hydrogen-bond donors (Lipinski definition) is 1. The highest BCUT2D eigenvalue weighted by Gasteiger charge is 2.44. The van der Waals surface area contributed by atoms with Gasteiger partial charge in [0.15, 0.2) is 5.78 Å². The van der Waals surface area contributed by atoms with Gasteiger partial charge < -0.3 is 14.4 Å². The molecule has 0 bridgehead atoms. The fourth-order valence-electron chi connectivity index (χ4n) is 2.43. The van der Waals surface area contributed by atoms with Crippen LogP contribution >= 0.6 is 7.60 Å². The lowest BCUT2D eigenvalue weighted by Gasteiger charge is -2.36. The fraction of sp³-hybridized carbons (Fsp3) is 0.611. The van der Waals surface area contributed by atoms with E-state index in [1.807, 2.05) is 6.92 Å². The van der Waals surface area contributed by atoms with E-state index in [-0.39, 0.29) is 5.95 Å². The van der Waals surface area contributed by atoms with Crippen molar-refractivity contribution in [3.8, 4) is 0 Å². The van der Waals surface area contributed by atoms with Crippen LogP contribution in [0.25, 0.3) is 0 Å². The molecule has 0 amide bonds. The van der Waals surface area contributed by atoms with Crippen molar-refractivity contribution >= 4 is 13.5 Å². The van der Waals surface area contributed by atoms with E-state index in [9.17, 15) is 8.96 Å². The minimum Gasteiger partial charge on any atom is -0.334 e. The Morgan fingerprint density at radius 2 is 1.64 bits per heavy atom. The highest BCUT2D eigenvalue weighted by molar-refractivity contribution is 7.54. The third kappa shape index (κ3) is 6.36. The van der Waals surface area contributed by atoms with E-state index in [0.29, 0.717) is 12.1 Å². The highest BCUT2D eigenvalue weighted by atomic mass is 31.2. The van der Waals surface area contributed by atoms with Crippen LogP contribution in [0.4, 0.5) is 10.3 Å². The lowest BCUT2D eigenvalue weighted by atomic mass is 10.2. The number of anilines is 1. The van der Waals surface area contributed by atoms with Crippen molar-refractivity contribution in [1.82, 2.24) is 20.2 Å². The minimum absolute atomic E-state index is 0.173. The molecular weight excluding hydrogens is 384 g/mol. The molecule has 0 fully saturated rings. The molecule has 1 aromatic heterocycles. The van der Waals surface area contributed by atoms with Gasteiger partial charge in [-0.15, -0.1) is 5.10 Å². The Bertz CT molecular complexity index is 807. The second-order valence-corrected chi connectivity index (χ2v) is 10.3. The van der Waals surface area contributed by atoms with Crippen LogP contribution in [0.5, 0.6) is 0 Å². The molecular formula is C18H29FN5O3P. The molecule has 28 heavy (non-hydrogen) atoms. The van der Waals surface area contributed by atoms with Crippen molar-refractivity contribution in [2.45, 2.75) is 72.0 Å². The summed E-state index contributed by atoms with van der Waals surface area (Å²) in [6.45, 7) is 13.2. The molecule has 1 heterocycles. The molecule has 2 rings (SSSR count). The van der Waals surface area contributed by atoms with Crippen LogP contribution in [0.2, 0.25) is 0 Å². The Balaban J connectivity index is 2.53. The van der Waals surface area contributed by atoms with Gasteiger partial charge in [0, 0.05) is 0 Å². The fourth-order valence-corrected chi connectivity index (χ4v) is 5.02. The number of benzene rings is 1. The van der Waals surface area contributed by atoms with Crippen LogP contribution in [-0.4, -0.2) is 31.4 Å². The molecule has 0 saturated carbocycles. The quantitative estimate of drug-likeness (QED) is 0.654. The molecule has 1 atom stereocenters. The van der Waals surface area contributed by atoms with E-state index >= 15 is 0 Å². The van der Waals surface area contributed by atoms with Crippen molar-refractivity contribution < 1.29 is 18.0 Å². The maximum atomic E-state index is 14.0. The average molecular weight is 413 g/mol. The van der Waals surface area contributed by atoms with Crippen LogP contribution < -0.4 is 5.32 Å². The van der Waals surface area contributed by atoms with Gasteiger partial charge >= 0.3 is 7.60 Å². The van der Waals surface area contributed by atoms with Gasteiger partial charge in [-0.1, -0.05) is 17.2 Å². The Kier molecular flexibility index (Phi) is 6.63. The summed E-state index contributed by atoms with van der Waals surface area (Å²) in [7, 11) is -3.82. The van der Waals surface area contributed by atoms with Gasteiger partial charge in [0.25, 0.3) is 5.95 Å². The van der Waals surface area contributed by atoms with E-state index in [1.54, 1.807) is 41.5 Å². The number of aryl methyl sites for hydroxylation is 1. The maximum absolute atomic E-state index is 14.0. The van der Waals surface area contributed by atoms with Crippen molar-refractivity contribution in [1.29, 1.82) is 0 Å². The highest BCUT2D eigenvalue weighted by Crippen LogP contribution is 2.64. The van der Waals surface area contributed by atoms with E-state index in [4.69, 9.17) is 9.05 Å². The predicted octanol–water partition coefficient (Wildman–Crippen LogP) is 4.77. The van der Waals surface area contributed by atoms with Gasteiger partial charge in [0.05, 0.1) is 17.7 Å². The number of rotatable bonds is 7. The number of nitrogens with one attached hydrogen (secondary N) is 1. The monoisotopic (exact) mass is 413 g/mol. The minimum atomic E-state index is -3.82. The number of hydrogen-bond acceptors (Lipinski definition) is 7. The first-order chi connectivity index (χ1) is 12.8. The van der Waals surface area contributed by atoms with Crippen molar-refractivity contribution in [2.24, 2.45) is 0 Å². The van der Waals surface area contributed by atoms with Gasteiger partial charge in [-0.25, -0.2) is 4.39 Å². The molecule has 0 aliphatic heterocycles. The molecule has 0 unspecified atom stereocenters. The zero-order chi connectivity index (χ0) is 21.2. The molecule has 1 N–H and O–H groups in total. The van der Waals surface area contributed by atoms with E-state index in [0.717, 1.165) is 0 Å². The summed E-state index contributed by atoms with van der Waals surface area (Å²) < 4.78 is 39.4. The second-order valence-electron chi connectivity index (χ2n) is 8.35. The van der Waals surface area contributed by atoms with Crippen molar-refractivity contribution in [3.63, 3.8) is 0 Å². The lowest BCUT2D eigenvalue weighted by Crippen LogP contribution is -2.28. The van der Waals surface area contributed by atoms with E-state index in [1.165, 1.54) is 29.1 Å². The predicted molar refractivity (Wildman–Crippen MR) is 106 cm³/mol. The topological polar surface area (TPSA) is 91.2 Å². The van der Waals surface area contributed by atoms with Crippen LogP contribution in [0.3, 0.4) is 0 Å². The molecule has 0 radical (unpaired) electrons. The van der Waals surface area contributed by atoms with Gasteiger partial charge in [0.2, 0.25) is 0 Å². The van der Waals surface area contributed by atoms with Crippen LogP contribution in [0.1, 0.15) is 59.8 Å². The molecule has 2 aromatic rings. The molecule has 156 valence electrons. The van der Waals surface area contributed by atoms with Crippen LogP contribution in [-0.2, 0) is 20.2 Å². The molecule has 0 spiro atoms. The number of nitrogens with zero attached hydrogens (tertiary/aromatic N) is 4. The maximum Gasteiger partial charge on any atom is 0.358 e. The zero-order valence-corrected chi connectivity index (χ0v) is 18.3. The lowest BCUT2D eigenvalue weighted by molar-refractivity contribution is 0.0459. The first kappa shape index (κ1) is 22.5. The van der Waals surface area contributed by atoms with Gasteiger partial charge in [-0.3, -0.25) is 4.57 Å². The average Bonchev–Trinajstić information content (AvgIpc) is 2.98. The Morgan fingerprint density at radius 1 is 1.11 bits per heavy atom. The summed E-state index contributed by atoms with van der Waals surface area (Å²) in [6, 6.07) is 5.64.